The Hall–Kier alpha value is -2.70. The van der Waals surface area contributed by atoms with Gasteiger partial charge in [0.05, 0.1) is 18.2 Å². The Morgan fingerprint density at radius 1 is 1.33 bits per heavy atom. The number of amides is 1. The molecule has 1 heterocycles. The molecule has 2 atom stereocenters. The largest absolute Gasteiger partial charge is 0.481 e. The zero-order valence-corrected chi connectivity index (χ0v) is 11.4. The van der Waals surface area contributed by atoms with Crippen LogP contribution in [-0.2, 0) is 11.8 Å². The lowest BCUT2D eigenvalue weighted by molar-refractivity contribution is -0.138. The van der Waals surface area contributed by atoms with Crippen molar-refractivity contribution in [3.8, 4) is 0 Å². The Kier molecular flexibility index (Phi) is 3.17. The summed E-state index contributed by atoms with van der Waals surface area (Å²) in [6.45, 7) is 0. The van der Waals surface area contributed by atoms with Gasteiger partial charge in [-0.15, -0.1) is 5.10 Å². The fraction of sp³-hybridized carbons (Fsp3) is 0.286. The van der Waals surface area contributed by atoms with Gasteiger partial charge in [-0.05, 0) is 17.5 Å². The molecule has 1 aliphatic carbocycles. The molecule has 2 unspecified atom stereocenters. The number of nitrogens with zero attached hydrogens (tertiary/aromatic N) is 3. The van der Waals surface area contributed by atoms with Crippen LogP contribution >= 0.6 is 0 Å². The molecule has 0 bridgehead atoms. The van der Waals surface area contributed by atoms with Crippen LogP contribution in [0.1, 0.15) is 40.0 Å². The highest BCUT2D eigenvalue weighted by molar-refractivity contribution is 5.92. The highest BCUT2D eigenvalue weighted by Crippen LogP contribution is 2.40. The minimum atomic E-state index is -0.876. The van der Waals surface area contributed by atoms with E-state index in [1.165, 1.54) is 10.9 Å². The number of rotatable bonds is 3. The van der Waals surface area contributed by atoms with E-state index in [0.29, 0.717) is 6.42 Å². The number of aryl methyl sites for hydroxylation is 1. The van der Waals surface area contributed by atoms with Gasteiger partial charge in [-0.1, -0.05) is 29.5 Å². The van der Waals surface area contributed by atoms with E-state index in [4.69, 9.17) is 0 Å². The van der Waals surface area contributed by atoms with Gasteiger partial charge in [-0.25, -0.2) is 0 Å². The second kappa shape index (κ2) is 5.01. The Labute approximate surface area is 120 Å². The molecule has 7 heteroatoms. The molecule has 2 aromatic rings. The van der Waals surface area contributed by atoms with E-state index >= 15 is 0 Å². The van der Waals surface area contributed by atoms with Crippen molar-refractivity contribution in [2.24, 2.45) is 7.05 Å². The normalized spacial score (nSPS) is 20.0. The summed E-state index contributed by atoms with van der Waals surface area (Å²) in [5.41, 5.74) is 1.82. The average molecular weight is 286 g/mol. The maximum atomic E-state index is 12.1. The maximum absolute atomic E-state index is 12.1. The number of aromatic nitrogens is 3. The van der Waals surface area contributed by atoms with E-state index in [-0.39, 0.29) is 17.6 Å². The van der Waals surface area contributed by atoms with Crippen LogP contribution < -0.4 is 5.32 Å². The quantitative estimate of drug-likeness (QED) is 0.872. The Bertz CT molecular complexity index is 710. The first-order chi connectivity index (χ1) is 10.1. The number of nitrogens with one attached hydrogen (secondary N) is 1. The van der Waals surface area contributed by atoms with Crippen LogP contribution in [0.2, 0.25) is 0 Å². The van der Waals surface area contributed by atoms with Crippen molar-refractivity contribution in [3.05, 3.63) is 47.3 Å². The second-order valence-electron chi connectivity index (χ2n) is 5.06. The lowest BCUT2D eigenvalue weighted by atomic mass is 10.0. The molecule has 0 fully saturated rings. The molecular weight excluding hydrogens is 272 g/mol. The first-order valence-electron chi connectivity index (χ1n) is 6.55. The number of hydrogen-bond acceptors (Lipinski definition) is 4. The average Bonchev–Trinajstić information content (AvgIpc) is 3.04. The van der Waals surface area contributed by atoms with Gasteiger partial charge in [-0.2, -0.15) is 0 Å². The summed E-state index contributed by atoms with van der Waals surface area (Å²) in [6.07, 6.45) is 1.87. The molecule has 1 aromatic carbocycles. The minimum absolute atomic E-state index is 0.216. The van der Waals surface area contributed by atoms with E-state index in [1.54, 1.807) is 13.1 Å². The highest BCUT2D eigenvalue weighted by atomic mass is 16.4. The third-order valence-corrected chi connectivity index (χ3v) is 3.66. The number of carboxylic acid groups (broad SMARTS) is 1. The van der Waals surface area contributed by atoms with Gasteiger partial charge < -0.3 is 10.4 Å². The first kappa shape index (κ1) is 13.3. The van der Waals surface area contributed by atoms with Crippen molar-refractivity contribution in [2.45, 2.75) is 18.4 Å². The van der Waals surface area contributed by atoms with Gasteiger partial charge in [-0.3, -0.25) is 14.3 Å². The third-order valence-electron chi connectivity index (χ3n) is 3.66. The van der Waals surface area contributed by atoms with Gasteiger partial charge in [0.2, 0.25) is 0 Å². The predicted octanol–water partition coefficient (Wildman–Crippen LogP) is 0.858. The number of carboxylic acids is 1. The van der Waals surface area contributed by atoms with E-state index in [9.17, 15) is 14.7 Å². The molecule has 1 amide bonds. The molecule has 0 aliphatic heterocycles. The molecule has 0 spiro atoms. The van der Waals surface area contributed by atoms with Crippen LogP contribution in [0.15, 0.2) is 30.5 Å². The molecule has 1 aromatic heterocycles. The lowest BCUT2D eigenvalue weighted by Crippen LogP contribution is -2.27. The standard InChI is InChI=1S/C14H14N4O3/c1-18-7-12(16-17-18)13(19)15-11-6-10(14(20)21)8-4-2-3-5-9(8)11/h2-5,7,10-11H,6H2,1H3,(H,15,19)(H,20,21). The summed E-state index contributed by atoms with van der Waals surface area (Å²) < 4.78 is 1.44. The van der Waals surface area contributed by atoms with Crippen molar-refractivity contribution in [1.82, 2.24) is 20.3 Å². The number of hydrogen-bond donors (Lipinski definition) is 2. The summed E-state index contributed by atoms with van der Waals surface area (Å²) in [7, 11) is 1.68. The van der Waals surface area contributed by atoms with E-state index in [0.717, 1.165) is 11.1 Å². The molecular formula is C14H14N4O3. The monoisotopic (exact) mass is 286 g/mol. The number of carbonyl (C=O) groups excluding carboxylic acids is 1. The molecule has 3 rings (SSSR count). The molecule has 2 N–H and O–H groups in total. The fourth-order valence-electron chi connectivity index (χ4n) is 2.69. The van der Waals surface area contributed by atoms with Crippen molar-refractivity contribution >= 4 is 11.9 Å². The van der Waals surface area contributed by atoms with E-state index < -0.39 is 11.9 Å². The molecule has 108 valence electrons. The van der Waals surface area contributed by atoms with Crippen molar-refractivity contribution < 1.29 is 14.7 Å². The Morgan fingerprint density at radius 2 is 2.05 bits per heavy atom. The summed E-state index contributed by atoms with van der Waals surface area (Å²) in [5, 5.41) is 19.6. The number of fused-ring (bicyclic) bond motifs is 1. The van der Waals surface area contributed by atoms with Gasteiger partial charge in [0.15, 0.2) is 5.69 Å². The van der Waals surface area contributed by atoms with E-state index in [1.807, 2.05) is 18.2 Å². The topological polar surface area (TPSA) is 97.1 Å². The Balaban J connectivity index is 1.84. The smallest absolute Gasteiger partial charge is 0.311 e. The molecule has 0 radical (unpaired) electrons. The summed E-state index contributed by atoms with van der Waals surface area (Å²) in [5.74, 6) is -1.82. The summed E-state index contributed by atoms with van der Waals surface area (Å²) in [6, 6.07) is 6.96. The fourth-order valence-corrected chi connectivity index (χ4v) is 2.69. The minimum Gasteiger partial charge on any atom is -0.481 e. The number of benzene rings is 1. The molecule has 7 nitrogen and oxygen atoms in total. The number of aliphatic carboxylic acids is 1. The second-order valence-corrected chi connectivity index (χ2v) is 5.06. The first-order valence-corrected chi connectivity index (χ1v) is 6.55. The van der Waals surface area contributed by atoms with Gasteiger partial charge >= 0.3 is 5.97 Å². The highest BCUT2D eigenvalue weighted by Gasteiger charge is 2.36. The lowest BCUT2D eigenvalue weighted by Gasteiger charge is -2.12. The Morgan fingerprint density at radius 3 is 2.67 bits per heavy atom. The molecule has 1 aliphatic rings. The van der Waals surface area contributed by atoms with Crippen LogP contribution in [0.5, 0.6) is 0 Å². The summed E-state index contributed by atoms with van der Waals surface area (Å²) >= 11 is 0. The van der Waals surface area contributed by atoms with Crippen LogP contribution in [0.4, 0.5) is 0 Å². The maximum Gasteiger partial charge on any atom is 0.311 e. The molecule has 0 saturated heterocycles. The van der Waals surface area contributed by atoms with Crippen LogP contribution in [0.25, 0.3) is 0 Å². The predicted molar refractivity (Wildman–Crippen MR) is 72.6 cm³/mol. The van der Waals surface area contributed by atoms with Crippen molar-refractivity contribution in [3.63, 3.8) is 0 Å². The zero-order chi connectivity index (χ0) is 15.0. The SMILES string of the molecule is Cn1cc(C(=O)NC2CC(C(=O)O)c3ccccc32)nn1. The molecule has 21 heavy (non-hydrogen) atoms. The van der Waals surface area contributed by atoms with E-state index in [2.05, 4.69) is 15.6 Å². The van der Waals surface area contributed by atoms with Gasteiger partial charge in [0.1, 0.15) is 0 Å². The number of carbonyl (C=O) groups is 2. The van der Waals surface area contributed by atoms with Crippen LogP contribution in [0, 0.1) is 0 Å². The van der Waals surface area contributed by atoms with Crippen LogP contribution in [0.3, 0.4) is 0 Å². The third kappa shape index (κ3) is 2.37. The summed E-state index contributed by atoms with van der Waals surface area (Å²) in [4.78, 5) is 23.5. The van der Waals surface area contributed by atoms with Gasteiger partial charge in [0.25, 0.3) is 5.91 Å². The zero-order valence-electron chi connectivity index (χ0n) is 11.4. The van der Waals surface area contributed by atoms with Crippen LogP contribution in [-0.4, -0.2) is 32.0 Å². The van der Waals surface area contributed by atoms with Crippen molar-refractivity contribution in [1.29, 1.82) is 0 Å². The van der Waals surface area contributed by atoms with Crippen molar-refractivity contribution in [2.75, 3.05) is 0 Å². The molecule has 0 saturated carbocycles. The van der Waals surface area contributed by atoms with Gasteiger partial charge in [0, 0.05) is 7.05 Å².